The van der Waals surface area contributed by atoms with Crippen molar-refractivity contribution in [3.63, 3.8) is 0 Å². The monoisotopic (exact) mass is 689 g/mol. The van der Waals surface area contributed by atoms with Gasteiger partial charge >= 0.3 is 0 Å². The summed E-state index contributed by atoms with van der Waals surface area (Å²) in [5, 5.41) is 0. The third-order valence-corrected chi connectivity index (χ3v) is 11.9. The van der Waals surface area contributed by atoms with Crippen LogP contribution in [0.1, 0.15) is 93.8 Å². The summed E-state index contributed by atoms with van der Waals surface area (Å²) in [7, 11) is 0. The zero-order chi connectivity index (χ0) is 36.0. The Labute approximate surface area is 304 Å². The minimum atomic E-state index is -0.407. The molecule has 5 aromatic rings. The molecule has 3 aliphatic carbocycles. The molecule has 0 bridgehead atoms. The van der Waals surface area contributed by atoms with Gasteiger partial charge in [-0.05, 0) is 87.6 Å². The maximum Gasteiger partial charge on any atom is 0.234 e. The number of thiophene rings is 1. The second kappa shape index (κ2) is 11.5. The van der Waals surface area contributed by atoms with Crippen molar-refractivity contribution in [3.8, 4) is 10.4 Å². The highest BCUT2D eigenvalue weighted by molar-refractivity contribution is 7.16. The van der Waals surface area contributed by atoms with E-state index in [-0.39, 0.29) is 28.0 Å². The van der Waals surface area contributed by atoms with Crippen LogP contribution in [0.15, 0.2) is 96.2 Å². The van der Waals surface area contributed by atoms with Gasteiger partial charge in [0.2, 0.25) is 5.95 Å². The summed E-state index contributed by atoms with van der Waals surface area (Å²) in [6.45, 7) is 17.7. The van der Waals surface area contributed by atoms with Crippen molar-refractivity contribution in [2.45, 2.75) is 78.1 Å². The summed E-state index contributed by atoms with van der Waals surface area (Å²) in [6, 6.07) is 27.6. The van der Waals surface area contributed by atoms with Crippen LogP contribution in [0.4, 0.5) is 17.3 Å². The van der Waals surface area contributed by atoms with E-state index in [1.165, 1.54) is 11.1 Å². The number of anilines is 3. The number of allylic oxidation sites excluding steroid dienone is 2. The van der Waals surface area contributed by atoms with Crippen molar-refractivity contribution >= 4 is 52.4 Å². The van der Waals surface area contributed by atoms with Crippen molar-refractivity contribution in [1.82, 2.24) is 9.97 Å². The number of benzene rings is 3. The lowest BCUT2D eigenvalue weighted by Crippen LogP contribution is -2.20. The smallest absolute Gasteiger partial charge is 0.234 e. The lowest BCUT2D eigenvalue weighted by atomic mass is 9.85. The van der Waals surface area contributed by atoms with Crippen molar-refractivity contribution in [1.29, 1.82) is 0 Å². The fourth-order valence-corrected chi connectivity index (χ4v) is 8.92. The lowest BCUT2D eigenvalue weighted by Gasteiger charge is -2.27. The van der Waals surface area contributed by atoms with Gasteiger partial charge in [0.15, 0.2) is 11.6 Å². The Morgan fingerprint density at radius 1 is 0.843 bits per heavy atom. The molecule has 5 nitrogen and oxygen atoms in total. The van der Waals surface area contributed by atoms with Crippen LogP contribution in [-0.2, 0) is 32.3 Å². The van der Waals surface area contributed by atoms with Gasteiger partial charge < -0.3 is 0 Å². The van der Waals surface area contributed by atoms with Gasteiger partial charge in [0.05, 0.1) is 17.2 Å². The first-order chi connectivity index (χ1) is 24.1. The number of nitrogens with zero attached hydrogens (tertiary/aromatic N) is 3. The van der Waals surface area contributed by atoms with Gasteiger partial charge in [-0.1, -0.05) is 104 Å². The van der Waals surface area contributed by atoms with Crippen molar-refractivity contribution in [3.05, 3.63) is 135 Å². The molecule has 2 aromatic heterocycles. The Kier molecular flexibility index (Phi) is 7.52. The van der Waals surface area contributed by atoms with Crippen LogP contribution in [0.25, 0.3) is 22.6 Å². The van der Waals surface area contributed by atoms with Gasteiger partial charge in [-0.25, -0.2) is 9.97 Å². The Balaban J connectivity index is 1.16. The highest BCUT2D eigenvalue weighted by Gasteiger charge is 2.44. The molecule has 1 fully saturated rings. The summed E-state index contributed by atoms with van der Waals surface area (Å²) in [5.41, 5.74) is 10.3. The minimum Gasteiger partial charge on any atom is -0.293 e. The molecule has 6 heteroatoms. The number of aromatic nitrogens is 2. The molecule has 51 heavy (non-hydrogen) atoms. The SMILES string of the molecule is CC(C)(C)c1ccc(N(c2ccc(C(C)(C)C)cc2)c2ncc3c(n2)C(C)(C)c2cc(/C=C4/C(=O)C5=Cc6ccccc6CC5C4=O)sc2-3)cc1. The number of ketones is 2. The molecule has 256 valence electrons. The minimum absolute atomic E-state index is 0.0394. The van der Waals surface area contributed by atoms with Gasteiger partial charge in [0, 0.05) is 43.9 Å². The molecule has 0 radical (unpaired) electrons. The van der Waals surface area contributed by atoms with E-state index in [0.717, 1.165) is 49.1 Å². The molecule has 1 unspecified atom stereocenters. The summed E-state index contributed by atoms with van der Waals surface area (Å²) in [4.78, 5) is 41.6. The van der Waals surface area contributed by atoms with E-state index >= 15 is 0 Å². The van der Waals surface area contributed by atoms with Gasteiger partial charge in [0.1, 0.15) is 0 Å². The standard InChI is InChI=1S/C45H43N3O2S/c1-43(2,3)28-13-17-30(18-14-28)48(31-19-15-29(16-20-31)44(4,5)6)42-46-25-36-40-37(45(7,8)41(36)47-42)24-32(51-40)23-35-38(49)33-21-26-11-9-10-12-27(26)22-34(33)39(35)50/h9-21,23-25,34H,22H2,1-8H3/b35-23-. The number of fused-ring (bicyclic) bond motifs is 5. The molecule has 0 amide bonds. The molecular formula is C45H43N3O2S. The normalized spacial score (nSPS) is 18.3. The van der Waals surface area contributed by atoms with E-state index < -0.39 is 11.3 Å². The van der Waals surface area contributed by atoms with Gasteiger partial charge in [-0.15, -0.1) is 11.3 Å². The molecule has 8 rings (SSSR count). The first-order valence-electron chi connectivity index (χ1n) is 17.7. The molecule has 1 saturated carbocycles. The molecular weight excluding hydrogens is 647 g/mol. The second-order valence-electron chi connectivity index (χ2n) is 16.7. The highest BCUT2D eigenvalue weighted by atomic mass is 32.1. The predicted octanol–water partition coefficient (Wildman–Crippen LogP) is 10.7. The number of carbonyl (C=O) groups excluding carboxylic acids is 2. The third-order valence-electron chi connectivity index (χ3n) is 10.8. The quantitative estimate of drug-likeness (QED) is 0.139. The third kappa shape index (κ3) is 5.52. The van der Waals surface area contributed by atoms with E-state index in [4.69, 9.17) is 9.97 Å². The largest absolute Gasteiger partial charge is 0.293 e. The van der Waals surface area contributed by atoms with Crippen LogP contribution < -0.4 is 4.90 Å². The number of Topliss-reactive ketones (excluding diaryl/α,β-unsaturated/α-hetero) is 2. The summed E-state index contributed by atoms with van der Waals surface area (Å²) in [6.07, 6.45) is 6.24. The average Bonchev–Trinajstić information content (AvgIpc) is 3.69. The molecule has 1 atom stereocenters. The van der Waals surface area contributed by atoms with E-state index in [9.17, 15) is 9.59 Å². The maximum absolute atomic E-state index is 13.6. The van der Waals surface area contributed by atoms with Crippen LogP contribution in [0, 0.1) is 5.92 Å². The molecule has 3 aliphatic rings. The topological polar surface area (TPSA) is 63.2 Å². The number of hydrogen-bond acceptors (Lipinski definition) is 6. The summed E-state index contributed by atoms with van der Waals surface area (Å²) < 4.78 is 0. The molecule has 0 aliphatic heterocycles. The lowest BCUT2D eigenvalue weighted by molar-refractivity contribution is -0.117. The van der Waals surface area contributed by atoms with Gasteiger partial charge in [-0.3, -0.25) is 14.5 Å². The van der Waals surface area contributed by atoms with Gasteiger partial charge in [0.25, 0.3) is 0 Å². The van der Waals surface area contributed by atoms with Crippen molar-refractivity contribution in [2.24, 2.45) is 5.92 Å². The van der Waals surface area contributed by atoms with E-state index in [2.05, 4.69) is 115 Å². The van der Waals surface area contributed by atoms with Crippen molar-refractivity contribution in [2.75, 3.05) is 4.90 Å². The Morgan fingerprint density at radius 2 is 1.45 bits per heavy atom. The van der Waals surface area contributed by atoms with Crippen LogP contribution in [-0.4, -0.2) is 21.5 Å². The Hall–Kier alpha value is -4.94. The molecule has 0 N–H and O–H groups in total. The number of carbonyl (C=O) groups is 2. The summed E-state index contributed by atoms with van der Waals surface area (Å²) >= 11 is 1.60. The van der Waals surface area contributed by atoms with Crippen LogP contribution >= 0.6 is 11.3 Å². The van der Waals surface area contributed by atoms with Crippen molar-refractivity contribution < 1.29 is 9.59 Å². The molecule has 3 aromatic carbocycles. The van der Waals surface area contributed by atoms with Gasteiger partial charge in [-0.2, -0.15) is 0 Å². The van der Waals surface area contributed by atoms with Crippen LogP contribution in [0.5, 0.6) is 0 Å². The van der Waals surface area contributed by atoms with E-state index in [1.807, 2.05) is 42.6 Å². The highest BCUT2D eigenvalue weighted by Crippen LogP contribution is 2.53. The molecule has 0 saturated heterocycles. The maximum atomic E-state index is 13.6. The Bertz CT molecular complexity index is 2250. The van der Waals surface area contributed by atoms with Crippen LogP contribution in [0.2, 0.25) is 0 Å². The van der Waals surface area contributed by atoms with E-state index in [0.29, 0.717) is 17.9 Å². The first-order valence-corrected chi connectivity index (χ1v) is 18.6. The Morgan fingerprint density at radius 3 is 2.06 bits per heavy atom. The second-order valence-corrected chi connectivity index (χ2v) is 17.8. The fraction of sp³-hybridized carbons (Fsp3) is 0.289. The number of rotatable bonds is 4. The first kappa shape index (κ1) is 33.2. The summed E-state index contributed by atoms with van der Waals surface area (Å²) in [5.74, 6) is -0.00274. The molecule has 2 heterocycles. The van der Waals surface area contributed by atoms with Crippen LogP contribution in [0.3, 0.4) is 0 Å². The zero-order valence-corrected chi connectivity index (χ0v) is 31.4. The fourth-order valence-electron chi connectivity index (χ4n) is 7.65. The zero-order valence-electron chi connectivity index (χ0n) is 30.6. The predicted molar refractivity (Wildman–Crippen MR) is 209 cm³/mol. The number of hydrogen-bond donors (Lipinski definition) is 0. The molecule has 0 spiro atoms. The van der Waals surface area contributed by atoms with E-state index in [1.54, 1.807) is 11.3 Å². The average molecular weight is 690 g/mol.